The molecule has 0 N–H and O–H groups in total. The van der Waals surface area contributed by atoms with E-state index in [0.29, 0.717) is 0 Å². The van der Waals surface area contributed by atoms with Gasteiger partial charge in [0.05, 0.1) is 0 Å². The number of fused-ring (bicyclic) bond motifs is 2. The lowest BCUT2D eigenvalue weighted by Gasteiger charge is -2.23. The van der Waals surface area contributed by atoms with Crippen LogP contribution < -0.4 is 0 Å². The van der Waals surface area contributed by atoms with E-state index in [1.165, 1.54) is 51.2 Å². The summed E-state index contributed by atoms with van der Waals surface area (Å²) < 4.78 is 0. The zero-order valence-electron chi connectivity index (χ0n) is 8.17. The normalized spacial score (nSPS) is 45.1. The first-order valence-corrected chi connectivity index (χ1v) is 5.78. The van der Waals surface area contributed by atoms with Crippen LogP contribution in [0.15, 0.2) is 0 Å². The number of hydrogen-bond donors (Lipinski definition) is 0. The van der Waals surface area contributed by atoms with E-state index >= 15 is 0 Å². The van der Waals surface area contributed by atoms with E-state index in [-0.39, 0.29) is 5.41 Å². The van der Waals surface area contributed by atoms with E-state index in [0.717, 1.165) is 17.8 Å². The molecule has 0 saturated heterocycles. The van der Waals surface area contributed by atoms with Gasteiger partial charge in [-0.25, -0.2) is 0 Å². The van der Waals surface area contributed by atoms with E-state index in [4.69, 9.17) is 0 Å². The lowest BCUT2D eigenvalue weighted by Crippen LogP contribution is -2.16. The standard InChI is InChI=1S/C12H18O/c13-8-12(3-4-12)7-11-6-9-1-2-10(11)5-9/h8-11H,1-7H2. The molecule has 3 aliphatic rings. The highest BCUT2D eigenvalue weighted by molar-refractivity contribution is 5.63. The minimum absolute atomic E-state index is 0.176. The minimum atomic E-state index is 0.176. The SMILES string of the molecule is O=CC1(CC2CC3CCC2C3)CC1. The number of carbonyl (C=O) groups is 1. The highest BCUT2D eigenvalue weighted by atomic mass is 16.1. The molecule has 1 nitrogen and oxygen atoms in total. The Bertz CT molecular complexity index is 229. The Balaban J connectivity index is 1.65. The first kappa shape index (κ1) is 8.02. The van der Waals surface area contributed by atoms with Gasteiger partial charge in [-0.15, -0.1) is 0 Å². The Morgan fingerprint density at radius 1 is 1.23 bits per heavy atom. The van der Waals surface area contributed by atoms with Crippen LogP contribution in [-0.2, 0) is 4.79 Å². The van der Waals surface area contributed by atoms with Crippen LogP contribution in [-0.4, -0.2) is 6.29 Å². The van der Waals surface area contributed by atoms with Crippen molar-refractivity contribution in [1.29, 1.82) is 0 Å². The maximum absolute atomic E-state index is 10.9. The van der Waals surface area contributed by atoms with Crippen molar-refractivity contribution in [1.82, 2.24) is 0 Å². The molecule has 0 aromatic heterocycles. The molecule has 0 heterocycles. The van der Waals surface area contributed by atoms with Gasteiger partial charge in [0.1, 0.15) is 6.29 Å². The van der Waals surface area contributed by atoms with Gasteiger partial charge < -0.3 is 4.79 Å². The number of carbonyl (C=O) groups excluding carboxylic acids is 1. The molecule has 3 unspecified atom stereocenters. The summed E-state index contributed by atoms with van der Waals surface area (Å²) in [6.45, 7) is 0. The van der Waals surface area contributed by atoms with E-state index < -0.39 is 0 Å². The van der Waals surface area contributed by atoms with Crippen LogP contribution in [0.2, 0.25) is 0 Å². The Labute approximate surface area is 79.9 Å². The molecular formula is C12H18O. The molecule has 2 bridgehead atoms. The van der Waals surface area contributed by atoms with Crippen LogP contribution in [0.3, 0.4) is 0 Å². The Hall–Kier alpha value is -0.330. The quantitative estimate of drug-likeness (QED) is 0.607. The van der Waals surface area contributed by atoms with Crippen LogP contribution in [0.5, 0.6) is 0 Å². The predicted octanol–water partition coefficient (Wildman–Crippen LogP) is 2.79. The third-order valence-electron chi connectivity index (χ3n) is 4.70. The van der Waals surface area contributed by atoms with Crippen LogP contribution in [0.1, 0.15) is 44.9 Å². The fraction of sp³-hybridized carbons (Fsp3) is 0.917. The fourth-order valence-corrected chi connectivity index (χ4v) is 3.68. The van der Waals surface area contributed by atoms with E-state index in [9.17, 15) is 4.79 Å². The highest BCUT2D eigenvalue weighted by Crippen LogP contribution is 2.57. The molecule has 0 spiro atoms. The second-order valence-electron chi connectivity index (χ2n) is 5.62. The monoisotopic (exact) mass is 178 g/mol. The summed E-state index contributed by atoms with van der Waals surface area (Å²) in [5, 5.41) is 0. The van der Waals surface area contributed by atoms with Crippen molar-refractivity contribution in [3.8, 4) is 0 Å². The number of aldehydes is 1. The van der Waals surface area contributed by atoms with E-state index in [1.807, 2.05) is 0 Å². The summed E-state index contributed by atoms with van der Waals surface area (Å²) >= 11 is 0. The molecule has 0 radical (unpaired) electrons. The van der Waals surface area contributed by atoms with Gasteiger partial charge in [0, 0.05) is 5.41 Å². The summed E-state index contributed by atoms with van der Waals surface area (Å²) in [5.41, 5.74) is 0.176. The lowest BCUT2D eigenvalue weighted by molar-refractivity contribution is -0.112. The van der Waals surface area contributed by atoms with Crippen molar-refractivity contribution in [2.45, 2.75) is 44.9 Å². The van der Waals surface area contributed by atoms with Crippen molar-refractivity contribution in [3.05, 3.63) is 0 Å². The summed E-state index contributed by atoms with van der Waals surface area (Å²) in [5.74, 6) is 2.96. The smallest absolute Gasteiger partial charge is 0.126 e. The van der Waals surface area contributed by atoms with Crippen molar-refractivity contribution in [2.24, 2.45) is 23.2 Å². The summed E-state index contributed by atoms with van der Waals surface area (Å²) in [7, 11) is 0. The second kappa shape index (κ2) is 2.59. The molecule has 0 aliphatic heterocycles. The predicted molar refractivity (Wildman–Crippen MR) is 51.3 cm³/mol. The Kier molecular flexibility index (Phi) is 1.59. The molecule has 0 amide bonds. The molecule has 3 atom stereocenters. The average Bonchev–Trinajstić information content (AvgIpc) is 2.62. The zero-order valence-corrected chi connectivity index (χ0v) is 8.17. The van der Waals surface area contributed by atoms with Gasteiger partial charge in [0.2, 0.25) is 0 Å². The highest BCUT2D eigenvalue weighted by Gasteiger charge is 2.48. The van der Waals surface area contributed by atoms with Crippen LogP contribution in [0, 0.1) is 23.2 Å². The second-order valence-corrected chi connectivity index (χ2v) is 5.62. The molecular weight excluding hydrogens is 160 g/mol. The van der Waals surface area contributed by atoms with Crippen molar-refractivity contribution >= 4 is 6.29 Å². The largest absolute Gasteiger partial charge is 0.303 e. The fourth-order valence-electron chi connectivity index (χ4n) is 3.68. The summed E-state index contributed by atoms with van der Waals surface area (Å²) in [6, 6.07) is 0. The first-order chi connectivity index (χ1) is 6.31. The molecule has 3 saturated carbocycles. The lowest BCUT2D eigenvalue weighted by atomic mass is 9.81. The van der Waals surface area contributed by atoms with Gasteiger partial charge in [-0.1, -0.05) is 6.42 Å². The van der Waals surface area contributed by atoms with Crippen LogP contribution in [0.4, 0.5) is 0 Å². The molecule has 1 heteroatoms. The van der Waals surface area contributed by atoms with Gasteiger partial charge in [-0.05, 0) is 56.3 Å². The Morgan fingerprint density at radius 2 is 2.08 bits per heavy atom. The van der Waals surface area contributed by atoms with Gasteiger partial charge in [0.25, 0.3) is 0 Å². The maximum atomic E-state index is 10.9. The maximum Gasteiger partial charge on any atom is 0.126 e. The van der Waals surface area contributed by atoms with E-state index in [2.05, 4.69) is 0 Å². The average molecular weight is 178 g/mol. The molecule has 3 rings (SSSR count). The Morgan fingerprint density at radius 3 is 2.54 bits per heavy atom. The number of hydrogen-bond acceptors (Lipinski definition) is 1. The molecule has 3 aliphatic carbocycles. The van der Waals surface area contributed by atoms with Gasteiger partial charge in [-0.3, -0.25) is 0 Å². The molecule has 0 aromatic rings. The summed E-state index contributed by atoms with van der Waals surface area (Å²) in [4.78, 5) is 10.9. The molecule has 0 aromatic carbocycles. The van der Waals surface area contributed by atoms with Crippen molar-refractivity contribution in [2.75, 3.05) is 0 Å². The van der Waals surface area contributed by atoms with Crippen molar-refractivity contribution in [3.63, 3.8) is 0 Å². The first-order valence-electron chi connectivity index (χ1n) is 5.78. The van der Waals surface area contributed by atoms with Gasteiger partial charge >= 0.3 is 0 Å². The summed E-state index contributed by atoms with van der Waals surface area (Å²) in [6.07, 6.45) is 10.7. The van der Waals surface area contributed by atoms with Crippen molar-refractivity contribution < 1.29 is 4.79 Å². The third kappa shape index (κ3) is 1.24. The van der Waals surface area contributed by atoms with Crippen LogP contribution >= 0.6 is 0 Å². The minimum Gasteiger partial charge on any atom is -0.303 e. The zero-order chi connectivity index (χ0) is 8.89. The van der Waals surface area contributed by atoms with Gasteiger partial charge in [-0.2, -0.15) is 0 Å². The molecule has 3 fully saturated rings. The van der Waals surface area contributed by atoms with E-state index in [1.54, 1.807) is 0 Å². The topological polar surface area (TPSA) is 17.1 Å². The molecule has 13 heavy (non-hydrogen) atoms. The third-order valence-corrected chi connectivity index (χ3v) is 4.70. The number of rotatable bonds is 3. The van der Waals surface area contributed by atoms with Gasteiger partial charge in [0.15, 0.2) is 0 Å². The molecule has 72 valence electrons. The van der Waals surface area contributed by atoms with Crippen LogP contribution in [0.25, 0.3) is 0 Å².